The fraction of sp³-hybridized carbons (Fsp3) is 0.667. The van der Waals surface area contributed by atoms with Crippen LogP contribution in [-0.4, -0.2) is 25.7 Å². The molecule has 0 spiro atoms. The maximum atomic E-state index is 10.9. The van der Waals surface area contributed by atoms with Crippen LogP contribution in [0.3, 0.4) is 0 Å². The third kappa shape index (κ3) is 5.05. The molecule has 0 bridgehead atoms. The lowest BCUT2D eigenvalue weighted by molar-refractivity contribution is -0.144. The zero-order valence-corrected chi connectivity index (χ0v) is 11.7. The first-order valence-corrected chi connectivity index (χ1v) is 6.87. The number of hydrogen-bond acceptors (Lipinski definition) is 3. The van der Waals surface area contributed by atoms with Gasteiger partial charge in [-0.25, -0.2) is 0 Å². The highest BCUT2D eigenvalue weighted by Crippen LogP contribution is 2.26. The van der Waals surface area contributed by atoms with E-state index in [4.69, 9.17) is 4.74 Å². The van der Waals surface area contributed by atoms with E-state index in [-0.39, 0.29) is 12.1 Å². The van der Waals surface area contributed by atoms with Crippen molar-refractivity contribution in [3.8, 4) is 0 Å². The van der Waals surface area contributed by atoms with Crippen molar-refractivity contribution < 1.29 is 9.53 Å². The van der Waals surface area contributed by atoms with Crippen LogP contribution in [0.5, 0.6) is 0 Å². The molecule has 2 atom stereocenters. The molecule has 0 fully saturated rings. The second-order valence-electron chi connectivity index (χ2n) is 4.82. The molecule has 1 aliphatic carbocycles. The van der Waals surface area contributed by atoms with Crippen molar-refractivity contribution in [1.82, 2.24) is 5.32 Å². The first kappa shape index (κ1) is 15.0. The van der Waals surface area contributed by atoms with E-state index in [2.05, 4.69) is 24.4 Å². The molecule has 0 amide bonds. The van der Waals surface area contributed by atoms with Gasteiger partial charge in [0.1, 0.15) is 6.10 Å². The van der Waals surface area contributed by atoms with Crippen LogP contribution in [0.2, 0.25) is 0 Å². The topological polar surface area (TPSA) is 38.3 Å². The molecule has 0 aliphatic heterocycles. The van der Waals surface area contributed by atoms with Gasteiger partial charge in [-0.15, -0.1) is 0 Å². The summed E-state index contributed by atoms with van der Waals surface area (Å²) in [5.74, 6) is 0.416. The van der Waals surface area contributed by atoms with Crippen LogP contribution in [0.4, 0.5) is 0 Å². The van der Waals surface area contributed by atoms with Gasteiger partial charge in [-0.1, -0.05) is 25.5 Å². The molecule has 102 valence electrons. The average molecular weight is 251 g/mol. The molecule has 0 aromatic heterocycles. The van der Waals surface area contributed by atoms with E-state index in [0.29, 0.717) is 5.92 Å². The van der Waals surface area contributed by atoms with Gasteiger partial charge in [-0.2, -0.15) is 0 Å². The van der Waals surface area contributed by atoms with Crippen molar-refractivity contribution in [2.45, 2.75) is 45.6 Å². The average Bonchev–Trinajstić information content (AvgIpc) is 2.35. The van der Waals surface area contributed by atoms with E-state index < -0.39 is 0 Å². The zero-order chi connectivity index (χ0) is 13.4. The third-order valence-electron chi connectivity index (χ3n) is 3.26. The molecule has 2 unspecified atom stereocenters. The Hall–Kier alpha value is -1.09. The highest BCUT2D eigenvalue weighted by Gasteiger charge is 2.16. The van der Waals surface area contributed by atoms with Crippen LogP contribution >= 0.6 is 0 Å². The molecule has 0 radical (unpaired) electrons. The highest BCUT2D eigenvalue weighted by molar-refractivity contribution is 5.66. The third-order valence-corrected chi connectivity index (χ3v) is 3.26. The molecular weight excluding hydrogens is 226 g/mol. The van der Waals surface area contributed by atoms with Crippen molar-refractivity contribution in [2.24, 2.45) is 5.92 Å². The second kappa shape index (κ2) is 8.09. The molecule has 0 heterocycles. The van der Waals surface area contributed by atoms with Crippen LogP contribution in [-0.2, 0) is 9.53 Å². The van der Waals surface area contributed by atoms with Gasteiger partial charge in [0.25, 0.3) is 0 Å². The Morgan fingerprint density at radius 2 is 2.33 bits per heavy atom. The summed E-state index contributed by atoms with van der Waals surface area (Å²) >= 11 is 0. The molecule has 0 aromatic rings. The fourth-order valence-electron chi connectivity index (χ4n) is 2.37. The molecule has 3 heteroatoms. The second-order valence-corrected chi connectivity index (χ2v) is 4.82. The minimum atomic E-state index is -0.207. The molecule has 1 N–H and O–H groups in total. The van der Waals surface area contributed by atoms with Crippen LogP contribution in [0.1, 0.15) is 39.5 Å². The van der Waals surface area contributed by atoms with Gasteiger partial charge in [0.15, 0.2) is 0 Å². The predicted molar refractivity (Wildman–Crippen MR) is 74.3 cm³/mol. The van der Waals surface area contributed by atoms with Gasteiger partial charge < -0.3 is 10.1 Å². The number of carbonyl (C=O) groups is 1. The lowest BCUT2D eigenvalue weighted by Gasteiger charge is -2.22. The van der Waals surface area contributed by atoms with E-state index in [1.807, 2.05) is 13.1 Å². The van der Waals surface area contributed by atoms with Crippen LogP contribution in [0.25, 0.3) is 0 Å². The van der Waals surface area contributed by atoms with E-state index in [1.165, 1.54) is 31.8 Å². The van der Waals surface area contributed by atoms with Crippen molar-refractivity contribution in [3.05, 3.63) is 23.8 Å². The maximum Gasteiger partial charge on any atom is 0.303 e. The summed E-state index contributed by atoms with van der Waals surface area (Å²) in [5, 5.41) is 3.21. The summed E-state index contributed by atoms with van der Waals surface area (Å²) in [6, 6.07) is 0. The van der Waals surface area contributed by atoms with E-state index in [1.54, 1.807) is 0 Å². The molecular formula is C15H25NO2. The zero-order valence-electron chi connectivity index (χ0n) is 11.7. The predicted octanol–water partition coefficient (Wildman–Crippen LogP) is 2.83. The van der Waals surface area contributed by atoms with Gasteiger partial charge >= 0.3 is 5.97 Å². The summed E-state index contributed by atoms with van der Waals surface area (Å²) in [6.07, 6.45) is 10.7. The largest absolute Gasteiger partial charge is 0.458 e. The number of carbonyl (C=O) groups excluding carboxylic acids is 1. The number of hydrogen-bond donors (Lipinski definition) is 1. The van der Waals surface area contributed by atoms with Crippen molar-refractivity contribution >= 4 is 5.97 Å². The number of ether oxygens (including phenoxy) is 1. The minimum absolute atomic E-state index is 0.0715. The Kier molecular flexibility index (Phi) is 6.73. The molecule has 1 rings (SSSR count). The fourth-order valence-corrected chi connectivity index (χ4v) is 2.37. The summed E-state index contributed by atoms with van der Waals surface area (Å²) in [5.41, 5.74) is 1.40. The SMILES string of the molecule is CCCC(CCNC)C1=CCC(OC(C)=O)C=C1. The van der Waals surface area contributed by atoms with Gasteiger partial charge in [0, 0.05) is 13.3 Å². The lowest BCUT2D eigenvalue weighted by Crippen LogP contribution is -2.18. The number of rotatable bonds is 7. The quantitative estimate of drug-likeness (QED) is 0.707. The first-order valence-electron chi connectivity index (χ1n) is 6.87. The van der Waals surface area contributed by atoms with Crippen LogP contribution in [0, 0.1) is 5.92 Å². The Balaban J connectivity index is 2.52. The molecule has 0 aromatic carbocycles. The van der Waals surface area contributed by atoms with Gasteiger partial charge in [-0.05, 0) is 44.0 Å². The monoisotopic (exact) mass is 251 g/mol. The maximum absolute atomic E-state index is 10.9. The van der Waals surface area contributed by atoms with Crippen molar-refractivity contribution in [1.29, 1.82) is 0 Å². The van der Waals surface area contributed by atoms with Crippen LogP contribution < -0.4 is 5.32 Å². The summed E-state index contributed by atoms with van der Waals surface area (Å²) < 4.78 is 5.18. The van der Waals surface area contributed by atoms with Crippen LogP contribution in [0.15, 0.2) is 23.8 Å². The van der Waals surface area contributed by atoms with Gasteiger partial charge in [0.05, 0.1) is 0 Å². The Bertz CT molecular complexity index is 320. The number of esters is 1. The molecule has 3 nitrogen and oxygen atoms in total. The Morgan fingerprint density at radius 3 is 2.83 bits per heavy atom. The first-order chi connectivity index (χ1) is 8.67. The van der Waals surface area contributed by atoms with E-state index >= 15 is 0 Å². The summed E-state index contributed by atoms with van der Waals surface area (Å²) in [7, 11) is 1.99. The molecule has 18 heavy (non-hydrogen) atoms. The number of allylic oxidation sites excluding steroid dienone is 2. The normalized spacial score (nSPS) is 20.4. The Morgan fingerprint density at radius 1 is 1.56 bits per heavy atom. The van der Waals surface area contributed by atoms with Crippen molar-refractivity contribution in [2.75, 3.05) is 13.6 Å². The summed E-state index contributed by atoms with van der Waals surface area (Å²) in [4.78, 5) is 10.9. The van der Waals surface area contributed by atoms with E-state index in [9.17, 15) is 4.79 Å². The molecule has 0 saturated heterocycles. The van der Waals surface area contributed by atoms with Crippen molar-refractivity contribution in [3.63, 3.8) is 0 Å². The molecule has 1 aliphatic rings. The lowest BCUT2D eigenvalue weighted by atomic mass is 9.87. The molecule has 0 saturated carbocycles. The number of nitrogens with one attached hydrogen (secondary N) is 1. The summed E-state index contributed by atoms with van der Waals surface area (Å²) in [6.45, 7) is 4.73. The minimum Gasteiger partial charge on any atom is -0.458 e. The van der Waals surface area contributed by atoms with E-state index in [0.717, 1.165) is 13.0 Å². The smallest absolute Gasteiger partial charge is 0.303 e. The van der Waals surface area contributed by atoms with Gasteiger partial charge in [0.2, 0.25) is 0 Å². The Labute approximate surface area is 110 Å². The van der Waals surface area contributed by atoms with Gasteiger partial charge in [-0.3, -0.25) is 4.79 Å². The standard InChI is InChI=1S/C15H25NO2/c1-4-5-13(10-11-16-3)14-6-8-15(9-7-14)18-12(2)17/h6-8,13,15-16H,4-5,9-11H2,1-3H3. The highest BCUT2D eigenvalue weighted by atomic mass is 16.5.